The average Bonchev–Trinajstić information content (AvgIpc) is 2.64. The molecule has 0 saturated heterocycles. The van der Waals surface area contributed by atoms with Crippen LogP contribution in [0.5, 0.6) is 0 Å². The van der Waals surface area contributed by atoms with Crippen molar-refractivity contribution in [2.75, 3.05) is 19.0 Å². The summed E-state index contributed by atoms with van der Waals surface area (Å²) in [6.45, 7) is 1.81. The van der Waals surface area contributed by atoms with Gasteiger partial charge in [0.2, 0.25) is 5.91 Å². The first-order valence-electron chi connectivity index (χ1n) is 8.28. The largest absolute Gasteiger partial charge is 0.468 e. The molecule has 0 aliphatic carbocycles. The number of ether oxygens (including phenoxy) is 1. The Morgan fingerprint density at radius 3 is 2.54 bits per heavy atom. The lowest BCUT2D eigenvalue weighted by Gasteiger charge is -2.08. The van der Waals surface area contributed by atoms with Crippen LogP contribution in [0.1, 0.15) is 27.9 Å². The molecule has 136 valence electrons. The van der Waals surface area contributed by atoms with Gasteiger partial charge >= 0.3 is 5.97 Å². The van der Waals surface area contributed by atoms with E-state index in [2.05, 4.69) is 21.4 Å². The van der Waals surface area contributed by atoms with Crippen LogP contribution in [0.2, 0.25) is 0 Å². The number of aryl methyl sites for hydroxylation is 2. The molecule has 0 spiro atoms. The number of amides is 2. The van der Waals surface area contributed by atoms with E-state index in [1.807, 2.05) is 25.1 Å². The molecule has 2 N–H and O–H groups in total. The molecule has 2 rings (SSSR count). The lowest BCUT2D eigenvalue weighted by molar-refractivity contribution is -0.139. The molecule has 0 aliphatic rings. The summed E-state index contributed by atoms with van der Waals surface area (Å²) in [7, 11) is 1.25. The van der Waals surface area contributed by atoms with Crippen LogP contribution in [0, 0.1) is 6.92 Å². The van der Waals surface area contributed by atoms with E-state index in [0.717, 1.165) is 11.1 Å². The van der Waals surface area contributed by atoms with Crippen molar-refractivity contribution in [1.82, 2.24) is 5.32 Å². The lowest BCUT2D eigenvalue weighted by Crippen LogP contribution is -2.30. The van der Waals surface area contributed by atoms with E-state index in [9.17, 15) is 14.4 Å². The highest BCUT2D eigenvalue weighted by molar-refractivity contribution is 5.98. The number of benzene rings is 2. The van der Waals surface area contributed by atoms with E-state index >= 15 is 0 Å². The normalized spacial score (nSPS) is 10.1. The molecule has 6 heteroatoms. The van der Waals surface area contributed by atoms with Crippen molar-refractivity contribution in [3.8, 4) is 0 Å². The van der Waals surface area contributed by atoms with Crippen LogP contribution in [-0.2, 0) is 20.7 Å². The third-order valence-electron chi connectivity index (χ3n) is 3.75. The maximum atomic E-state index is 12.1. The molecule has 6 nitrogen and oxygen atoms in total. The van der Waals surface area contributed by atoms with Crippen molar-refractivity contribution in [2.45, 2.75) is 19.8 Å². The van der Waals surface area contributed by atoms with E-state index in [0.29, 0.717) is 24.1 Å². The molecular weight excluding hydrogens is 332 g/mol. The average molecular weight is 354 g/mol. The van der Waals surface area contributed by atoms with Crippen molar-refractivity contribution in [3.63, 3.8) is 0 Å². The molecule has 0 saturated carbocycles. The Bertz CT molecular complexity index is 802. The second kappa shape index (κ2) is 9.36. The fraction of sp³-hybridized carbons (Fsp3) is 0.250. The third kappa shape index (κ3) is 6.05. The molecule has 2 aromatic carbocycles. The number of hydrogen-bond acceptors (Lipinski definition) is 4. The van der Waals surface area contributed by atoms with Crippen LogP contribution in [0.15, 0.2) is 48.5 Å². The fourth-order valence-corrected chi connectivity index (χ4v) is 2.41. The Kier molecular flexibility index (Phi) is 6.91. The molecule has 0 radical (unpaired) electrons. The molecule has 0 bridgehead atoms. The van der Waals surface area contributed by atoms with E-state index in [-0.39, 0.29) is 12.5 Å². The minimum atomic E-state index is -0.529. The van der Waals surface area contributed by atoms with Gasteiger partial charge < -0.3 is 15.4 Å². The fourth-order valence-electron chi connectivity index (χ4n) is 2.41. The number of hydrogen-bond donors (Lipinski definition) is 2. The van der Waals surface area contributed by atoms with Crippen LogP contribution in [0.3, 0.4) is 0 Å². The number of rotatable bonds is 7. The first kappa shape index (κ1) is 19.2. The summed E-state index contributed by atoms with van der Waals surface area (Å²) in [5.74, 6) is -1.07. The Morgan fingerprint density at radius 2 is 1.81 bits per heavy atom. The number of carbonyl (C=O) groups excluding carboxylic acids is 3. The maximum absolute atomic E-state index is 12.1. The summed E-state index contributed by atoms with van der Waals surface area (Å²) < 4.78 is 4.47. The van der Waals surface area contributed by atoms with Crippen LogP contribution >= 0.6 is 0 Å². The summed E-state index contributed by atoms with van der Waals surface area (Å²) in [6.07, 6.45) is 0.995. The second-order valence-electron chi connectivity index (χ2n) is 5.88. The highest BCUT2D eigenvalue weighted by Crippen LogP contribution is 2.12. The summed E-state index contributed by atoms with van der Waals surface area (Å²) in [4.78, 5) is 35.2. The molecule has 0 aromatic heterocycles. The zero-order valence-corrected chi connectivity index (χ0v) is 14.9. The van der Waals surface area contributed by atoms with Crippen molar-refractivity contribution < 1.29 is 19.1 Å². The zero-order chi connectivity index (χ0) is 18.9. The molecule has 0 aliphatic heterocycles. The van der Waals surface area contributed by atoms with Crippen molar-refractivity contribution in [2.24, 2.45) is 0 Å². The standard InChI is InChI=1S/C20H22N2O4/c1-14-5-3-6-15(11-14)9-10-18(23)22-17-8-4-7-16(12-17)20(25)21-13-19(24)26-2/h3-8,11-12H,9-10,13H2,1-2H3,(H,21,25)(H,22,23). The van der Waals surface area contributed by atoms with Crippen molar-refractivity contribution in [1.29, 1.82) is 0 Å². The topological polar surface area (TPSA) is 84.5 Å². The van der Waals surface area contributed by atoms with Gasteiger partial charge in [-0.15, -0.1) is 0 Å². The Morgan fingerprint density at radius 1 is 1.04 bits per heavy atom. The summed E-state index contributed by atoms with van der Waals surface area (Å²) in [6, 6.07) is 14.6. The van der Waals surface area contributed by atoms with E-state index in [1.54, 1.807) is 24.3 Å². The van der Waals surface area contributed by atoms with E-state index in [4.69, 9.17) is 0 Å². The number of methoxy groups -OCH3 is 1. The Balaban J connectivity index is 1.89. The van der Waals surface area contributed by atoms with Crippen LogP contribution in [-0.4, -0.2) is 31.4 Å². The van der Waals surface area contributed by atoms with Crippen LogP contribution in [0.4, 0.5) is 5.69 Å². The first-order chi connectivity index (χ1) is 12.5. The predicted molar refractivity (Wildman–Crippen MR) is 98.9 cm³/mol. The summed E-state index contributed by atoms with van der Waals surface area (Å²) in [5, 5.41) is 5.24. The summed E-state index contributed by atoms with van der Waals surface area (Å²) >= 11 is 0. The molecule has 2 amide bonds. The van der Waals surface area contributed by atoms with Gasteiger partial charge in [-0.2, -0.15) is 0 Å². The quantitative estimate of drug-likeness (QED) is 0.748. The summed E-state index contributed by atoms with van der Waals surface area (Å²) in [5.41, 5.74) is 3.15. The van der Waals surface area contributed by atoms with Gasteiger partial charge in [0, 0.05) is 17.7 Å². The van der Waals surface area contributed by atoms with Crippen LogP contribution in [0.25, 0.3) is 0 Å². The van der Waals surface area contributed by atoms with Gasteiger partial charge in [-0.25, -0.2) is 0 Å². The predicted octanol–water partition coefficient (Wildman–Crippen LogP) is 2.47. The smallest absolute Gasteiger partial charge is 0.325 e. The van der Waals surface area contributed by atoms with E-state index in [1.165, 1.54) is 7.11 Å². The second-order valence-corrected chi connectivity index (χ2v) is 5.88. The Labute approximate surface area is 152 Å². The Hall–Kier alpha value is -3.15. The highest BCUT2D eigenvalue weighted by Gasteiger charge is 2.10. The SMILES string of the molecule is COC(=O)CNC(=O)c1cccc(NC(=O)CCc2cccc(C)c2)c1. The van der Waals surface area contributed by atoms with Gasteiger partial charge in [0.15, 0.2) is 0 Å². The van der Waals surface area contributed by atoms with Gasteiger partial charge in [0.1, 0.15) is 6.54 Å². The van der Waals surface area contributed by atoms with E-state index < -0.39 is 11.9 Å². The molecule has 0 unspecified atom stereocenters. The number of esters is 1. The molecule has 0 fully saturated rings. The van der Waals surface area contributed by atoms with Gasteiger partial charge in [-0.05, 0) is 37.1 Å². The van der Waals surface area contributed by atoms with Crippen molar-refractivity contribution >= 4 is 23.5 Å². The van der Waals surface area contributed by atoms with Crippen LogP contribution < -0.4 is 10.6 Å². The van der Waals surface area contributed by atoms with Gasteiger partial charge in [-0.1, -0.05) is 35.9 Å². The monoisotopic (exact) mass is 354 g/mol. The minimum Gasteiger partial charge on any atom is -0.468 e. The highest BCUT2D eigenvalue weighted by atomic mass is 16.5. The maximum Gasteiger partial charge on any atom is 0.325 e. The third-order valence-corrected chi connectivity index (χ3v) is 3.75. The number of anilines is 1. The molecule has 0 atom stereocenters. The lowest BCUT2D eigenvalue weighted by atomic mass is 10.1. The molecular formula is C20H22N2O4. The van der Waals surface area contributed by atoms with Crippen molar-refractivity contribution in [3.05, 3.63) is 65.2 Å². The van der Waals surface area contributed by atoms with Gasteiger partial charge in [0.05, 0.1) is 7.11 Å². The van der Waals surface area contributed by atoms with Gasteiger partial charge in [0.25, 0.3) is 5.91 Å². The minimum absolute atomic E-state index is 0.126. The number of carbonyl (C=O) groups is 3. The number of nitrogens with one attached hydrogen (secondary N) is 2. The zero-order valence-electron chi connectivity index (χ0n) is 14.9. The molecule has 2 aromatic rings. The molecule has 26 heavy (non-hydrogen) atoms. The molecule has 0 heterocycles. The van der Waals surface area contributed by atoms with Gasteiger partial charge in [-0.3, -0.25) is 14.4 Å². The first-order valence-corrected chi connectivity index (χ1v) is 8.28.